The summed E-state index contributed by atoms with van der Waals surface area (Å²) >= 11 is 0. The molecule has 0 amide bonds. The molecule has 3 nitrogen and oxygen atoms in total. The van der Waals surface area contributed by atoms with Crippen molar-refractivity contribution in [3.05, 3.63) is 65.2 Å². The topological polar surface area (TPSA) is 43.4 Å². The molecule has 0 bridgehead atoms. The van der Waals surface area contributed by atoms with E-state index >= 15 is 0 Å². The van der Waals surface area contributed by atoms with Crippen LogP contribution >= 0.6 is 0 Å². The summed E-state index contributed by atoms with van der Waals surface area (Å²) < 4.78 is 5.40. The number of benzene rings is 2. The second-order valence-corrected chi connectivity index (χ2v) is 6.30. The maximum atomic E-state index is 12.3. The summed E-state index contributed by atoms with van der Waals surface area (Å²) in [5.74, 6) is -0.259. The number of unbranched alkanes of at least 4 members (excludes halogenated alkanes) is 4. The lowest BCUT2D eigenvalue weighted by atomic mass is 10.0. The Morgan fingerprint density at radius 1 is 0.880 bits per heavy atom. The molecule has 25 heavy (non-hydrogen) atoms. The normalized spacial score (nSPS) is 10.5. The monoisotopic (exact) mass is 338 g/mol. The maximum Gasteiger partial charge on any atom is 0.343 e. The van der Waals surface area contributed by atoms with Gasteiger partial charge in [0.05, 0.1) is 11.1 Å². The number of esters is 1. The van der Waals surface area contributed by atoms with Crippen LogP contribution in [0.2, 0.25) is 0 Å². The van der Waals surface area contributed by atoms with E-state index in [1.807, 2.05) is 12.1 Å². The van der Waals surface area contributed by atoms with E-state index < -0.39 is 5.97 Å². The molecule has 2 aromatic rings. The first-order valence-corrected chi connectivity index (χ1v) is 9.03. The molecule has 0 aliphatic rings. The van der Waals surface area contributed by atoms with Crippen LogP contribution in [-0.4, -0.2) is 11.8 Å². The third kappa shape index (κ3) is 5.86. The second-order valence-electron chi connectivity index (χ2n) is 6.30. The van der Waals surface area contributed by atoms with Crippen molar-refractivity contribution in [3.63, 3.8) is 0 Å². The van der Waals surface area contributed by atoms with Crippen LogP contribution in [0.4, 0.5) is 0 Å². The predicted molar refractivity (Wildman–Crippen MR) is 100 cm³/mol. The Morgan fingerprint density at radius 3 is 2.24 bits per heavy atom. The van der Waals surface area contributed by atoms with Gasteiger partial charge in [-0.05, 0) is 49.6 Å². The van der Waals surface area contributed by atoms with Crippen molar-refractivity contribution in [1.29, 1.82) is 0 Å². The number of carbonyl (C=O) groups excluding carboxylic acids is 2. The standard InChI is InChI=1S/C22H26O3/c1-3-4-5-6-7-10-18-13-15-19(16-14-18)22(24)25-21-12-9-8-11-20(21)17(2)23/h8-9,11-16H,3-7,10H2,1-2H3. The van der Waals surface area contributed by atoms with Gasteiger partial charge in [0.1, 0.15) is 5.75 Å². The molecule has 0 aromatic heterocycles. The number of para-hydroxylation sites is 1. The Morgan fingerprint density at radius 2 is 1.56 bits per heavy atom. The van der Waals surface area contributed by atoms with Crippen molar-refractivity contribution < 1.29 is 14.3 Å². The van der Waals surface area contributed by atoms with Gasteiger partial charge in [-0.2, -0.15) is 0 Å². The fraction of sp³-hybridized carbons (Fsp3) is 0.364. The van der Waals surface area contributed by atoms with E-state index in [0.29, 0.717) is 16.9 Å². The minimum atomic E-state index is -0.441. The third-order valence-corrected chi connectivity index (χ3v) is 4.23. The largest absolute Gasteiger partial charge is 0.422 e. The van der Waals surface area contributed by atoms with Crippen LogP contribution in [0.3, 0.4) is 0 Å². The highest BCUT2D eigenvalue weighted by Crippen LogP contribution is 2.20. The molecule has 0 radical (unpaired) electrons. The highest BCUT2D eigenvalue weighted by Gasteiger charge is 2.13. The third-order valence-electron chi connectivity index (χ3n) is 4.23. The lowest BCUT2D eigenvalue weighted by Gasteiger charge is -2.08. The molecule has 0 saturated heterocycles. The number of aryl methyl sites for hydroxylation is 1. The van der Waals surface area contributed by atoms with Gasteiger partial charge >= 0.3 is 5.97 Å². The van der Waals surface area contributed by atoms with Gasteiger partial charge in [-0.3, -0.25) is 4.79 Å². The summed E-state index contributed by atoms with van der Waals surface area (Å²) in [6.45, 7) is 3.68. The summed E-state index contributed by atoms with van der Waals surface area (Å²) in [5.41, 5.74) is 2.14. The van der Waals surface area contributed by atoms with E-state index in [4.69, 9.17) is 4.74 Å². The fourth-order valence-corrected chi connectivity index (χ4v) is 2.75. The van der Waals surface area contributed by atoms with E-state index in [9.17, 15) is 9.59 Å². The van der Waals surface area contributed by atoms with Gasteiger partial charge in [0, 0.05) is 0 Å². The van der Waals surface area contributed by atoms with Crippen molar-refractivity contribution in [1.82, 2.24) is 0 Å². The lowest BCUT2D eigenvalue weighted by Crippen LogP contribution is -2.11. The number of carbonyl (C=O) groups is 2. The highest BCUT2D eigenvalue weighted by molar-refractivity contribution is 5.98. The molecule has 2 aromatic carbocycles. The summed E-state index contributed by atoms with van der Waals surface area (Å²) in [5, 5.41) is 0. The van der Waals surface area contributed by atoms with Crippen molar-refractivity contribution in [2.24, 2.45) is 0 Å². The van der Waals surface area contributed by atoms with Crippen LogP contribution < -0.4 is 4.74 Å². The van der Waals surface area contributed by atoms with Gasteiger partial charge in [0.2, 0.25) is 0 Å². The molecule has 2 rings (SSSR count). The molecular formula is C22H26O3. The minimum Gasteiger partial charge on any atom is -0.422 e. The van der Waals surface area contributed by atoms with Crippen molar-refractivity contribution in [3.8, 4) is 5.75 Å². The van der Waals surface area contributed by atoms with Crippen LogP contribution in [-0.2, 0) is 6.42 Å². The van der Waals surface area contributed by atoms with Crippen LogP contribution in [0.15, 0.2) is 48.5 Å². The van der Waals surface area contributed by atoms with Gasteiger partial charge < -0.3 is 4.74 Å². The van der Waals surface area contributed by atoms with Crippen LogP contribution in [0.5, 0.6) is 5.75 Å². The number of rotatable bonds is 9. The zero-order valence-electron chi connectivity index (χ0n) is 15.1. The number of hydrogen-bond acceptors (Lipinski definition) is 3. The lowest BCUT2D eigenvalue weighted by molar-refractivity contribution is 0.0733. The second kappa shape index (κ2) is 9.77. The highest BCUT2D eigenvalue weighted by atomic mass is 16.5. The minimum absolute atomic E-state index is 0.123. The Balaban J connectivity index is 1.93. The molecule has 132 valence electrons. The first-order chi connectivity index (χ1) is 12.1. The first kappa shape index (κ1) is 18.9. The molecule has 0 fully saturated rings. The SMILES string of the molecule is CCCCCCCc1ccc(C(=O)Oc2ccccc2C(C)=O)cc1. The van der Waals surface area contributed by atoms with Crippen LogP contribution in [0.1, 0.15) is 72.2 Å². The number of ether oxygens (including phenoxy) is 1. The molecule has 0 atom stereocenters. The summed E-state index contributed by atoms with van der Waals surface area (Å²) in [4.78, 5) is 23.9. The average Bonchev–Trinajstić information content (AvgIpc) is 2.62. The molecule has 0 unspecified atom stereocenters. The summed E-state index contributed by atoms with van der Waals surface area (Å²) in [7, 11) is 0. The van der Waals surface area contributed by atoms with Crippen LogP contribution in [0, 0.1) is 0 Å². The van der Waals surface area contributed by atoms with Crippen molar-refractivity contribution in [2.45, 2.75) is 52.4 Å². The van der Waals surface area contributed by atoms with Crippen molar-refractivity contribution in [2.75, 3.05) is 0 Å². The Labute approximate surface area is 150 Å². The predicted octanol–water partition coefficient (Wildman–Crippen LogP) is 5.62. The summed E-state index contributed by atoms with van der Waals surface area (Å²) in [6, 6.07) is 14.3. The molecule has 0 N–H and O–H groups in total. The Hall–Kier alpha value is -2.42. The molecule has 0 heterocycles. The fourth-order valence-electron chi connectivity index (χ4n) is 2.75. The molecule has 3 heteroatoms. The van der Waals surface area contributed by atoms with Gasteiger partial charge in [0.25, 0.3) is 0 Å². The quantitative estimate of drug-likeness (QED) is 0.258. The molecule has 0 aliphatic heterocycles. The van der Waals surface area contributed by atoms with E-state index in [0.717, 1.165) is 6.42 Å². The van der Waals surface area contributed by atoms with Crippen LogP contribution in [0.25, 0.3) is 0 Å². The van der Waals surface area contributed by atoms with E-state index in [2.05, 4.69) is 6.92 Å². The molecule has 0 aliphatic carbocycles. The van der Waals surface area contributed by atoms with Crippen molar-refractivity contribution >= 4 is 11.8 Å². The van der Waals surface area contributed by atoms with Gasteiger partial charge in [-0.25, -0.2) is 4.79 Å². The number of hydrogen-bond donors (Lipinski definition) is 0. The zero-order valence-corrected chi connectivity index (χ0v) is 15.1. The number of ketones is 1. The Bertz CT molecular complexity index is 701. The smallest absolute Gasteiger partial charge is 0.343 e. The van der Waals surface area contributed by atoms with Gasteiger partial charge in [0.15, 0.2) is 5.78 Å². The molecular weight excluding hydrogens is 312 g/mol. The van der Waals surface area contributed by atoms with E-state index in [1.54, 1.807) is 36.4 Å². The number of Topliss-reactive ketones (excluding diaryl/α,β-unsaturated/α-hetero) is 1. The molecule has 0 saturated carbocycles. The van der Waals surface area contributed by atoms with E-state index in [1.165, 1.54) is 44.6 Å². The zero-order chi connectivity index (χ0) is 18.1. The summed E-state index contributed by atoms with van der Waals surface area (Å²) in [6.07, 6.45) is 7.30. The van der Waals surface area contributed by atoms with Gasteiger partial charge in [-0.1, -0.05) is 56.9 Å². The molecule has 0 spiro atoms. The van der Waals surface area contributed by atoms with E-state index in [-0.39, 0.29) is 5.78 Å². The maximum absolute atomic E-state index is 12.3. The van der Waals surface area contributed by atoms with Gasteiger partial charge in [-0.15, -0.1) is 0 Å². The average molecular weight is 338 g/mol. The Kier molecular flexibility index (Phi) is 7.39. The first-order valence-electron chi connectivity index (χ1n) is 9.03.